The smallest absolute Gasteiger partial charge is 0.330 e. The van der Waals surface area contributed by atoms with Crippen molar-refractivity contribution in [3.63, 3.8) is 0 Å². The Bertz CT molecular complexity index is 938. The molecule has 0 radical (unpaired) electrons. The third-order valence-electron chi connectivity index (χ3n) is 4.25. The number of nitrogens with one attached hydrogen (secondary N) is 2. The van der Waals surface area contributed by atoms with E-state index in [0.717, 1.165) is 5.56 Å². The van der Waals surface area contributed by atoms with Gasteiger partial charge in [0.15, 0.2) is 0 Å². The Morgan fingerprint density at radius 2 is 2.00 bits per heavy atom. The standard InChI is InChI=1S/C21H19FN2O4/c1-2-28-20(26)10-5-13-3-7-15(8-4-13)23-21(27)17-12-19(25)24-18-11-14(22)6-9-16(17)18/h3-11,17H,2,12H2,1H3,(H,23,27)(H,24,25)/b10-5+. The molecule has 1 heterocycles. The van der Waals surface area contributed by atoms with Crippen molar-refractivity contribution in [1.29, 1.82) is 0 Å². The Morgan fingerprint density at radius 3 is 2.71 bits per heavy atom. The molecule has 0 aliphatic carbocycles. The van der Waals surface area contributed by atoms with Gasteiger partial charge in [-0.05, 0) is 48.4 Å². The fourth-order valence-corrected chi connectivity index (χ4v) is 2.93. The highest BCUT2D eigenvalue weighted by Crippen LogP contribution is 2.33. The molecule has 1 aliphatic rings. The van der Waals surface area contributed by atoms with Crippen LogP contribution in [0.25, 0.3) is 6.08 Å². The Morgan fingerprint density at radius 1 is 1.25 bits per heavy atom. The van der Waals surface area contributed by atoms with E-state index in [1.165, 1.54) is 24.3 Å². The molecule has 144 valence electrons. The molecule has 2 aromatic rings. The van der Waals surface area contributed by atoms with Crippen LogP contribution in [0.2, 0.25) is 0 Å². The van der Waals surface area contributed by atoms with Crippen LogP contribution in [0.4, 0.5) is 15.8 Å². The number of carbonyl (C=O) groups is 3. The summed E-state index contributed by atoms with van der Waals surface area (Å²) in [5.41, 5.74) is 2.21. The first-order valence-electron chi connectivity index (χ1n) is 8.81. The normalized spacial score (nSPS) is 15.6. The highest BCUT2D eigenvalue weighted by molar-refractivity contribution is 6.05. The topological polar surface area (TPSA) is 84.5 Å². The van der Waals surface area contributed by atoms with Crippen LogP contribution < -0.4 is 10.6 Å². The molecule has 1 unspecified atom stereocenters. The van der Waals surface area contributed by atoms with Gasteiger partial charge in [-0.1, -0.05) is 18.2 Å². The Labute approximate surface area is 161 Å². The summed E-state index contributed by atoms with van der Waals surface area (Å²) >= 11 is 0. The molecule has 1 atom stereocenters. The maximum Gasteiger partial charge on any atom is 0.330 e. The lowest BCUT2D eigenvalue weighted by Gasteiger charge is -2.24. The molecular formula is C21H19FN2O4. The zero-order valence-electron chi connectivity index (χ0n) is 15.2. The zero-order chi connectivity index (χ0) is 20.1. The second kappa shape index (κ2) is 8.47. The molecule has 0 saturated carbocycles. The molecule has 7 heteroatoms. The number of halogens is 1. The number of anilines is 2. The van der Waals surface area contributed by atoms with E-state index in [4.69, 9.17) is 4.74 Å². The van der Waals surface area contributed by atoms with Gasteiger partial charge < -0.3 is 15.4 Å². The maximum absolute atomic E-state index is 13.4. The summed E-state index contributed by atoms with van der Waals surface area (Å²) in [5.74, 6) is -2.29. The van der Waals surface area contributed by atoms with Gasteiger partial charge in [0.1, 0.15) is 5.82 Å². The second-order valence-electron chi connectivity index (χ2n) is 6.23. The Hall–Kier alpha value is -3.48. The fourth-order valence-electron chi connectivity index (χ4n) is 2.93. The lowest BCUT2D eigenvalue weighted by molar-refractivity contribution is -0.137. The average molecular weight is 382 g/mol. The maximum atomic E-state index is 13.4. The van der Waals surface area contributed by atoms with Crippen LogP contribution in [0, 0.1) is 5.82 Å². The summed E-state index contributed by atoms with van der Waals surface area (Å²) in [6, 6.07) is 10.8. The molecule has 0 aromatic heterocycles. The van der Waals surface area contributed by atoms with Gasteiger partial charge in [-0.25, -0.2) is 9.18 Å². The molecule has 6 nitrogen and oxygen atoms in total. The number of amides is 2. The van der Waals surface area contributed by atoms with E-state index in [0.29, 0.717) is 23.5 Å². The molecule has 0 fully saturated rings. The molecule has 28 heavy (non-hydrogen) atoms. The molecule has 0 spiro atoms. The van der Waals surface area contributed by atoms with E-state index in [9.17, 15) is 18.8 Å². The molecule has 2 amide bonds. The van der Waals surface area contributed by atoms with Gasteiger partial charge in [-0.15, -0.1) is 0 Å². The fraction of sp³-hybridized carbons (Fsp3) is 0.190. The second-order valence-corrected chi connectivity index (χ2v) is 6.23. The van der Waals surface area contributed by atoms with Gasteiger partial charge in [-0.3, -0.25) is 9.59 Å². The predicted octanol–water partition coefficient (Wildman–Crippen LogP) is 3.47. The third-order valence-corrected chi connectivity index (χ3v) is 4.25. The van der Waals surface area contributed by atoms with Gasteiger partial charge in [0, 0.05) is 23.9 Å². The quantitative estimate of drug-likeness (QED) is 0.613. The Kier molecular flexibility index (Phi) is 5.84. The number of hydrogen-bond acceptors (Lipinski definition) is 4. The number of rotatable bonds is 5. The van der Waals surface area contributed by atoms with Crippen LogP contribution >= 0.6 is 0 Å². The van der Waals surface area contributed by atoms with E-state index >= 15 is 0 Å². The number of esters is 1. The lowest BCUT2D eigenvalue weighted by atomic mass is 9.89. The van der Waals surface area contributed by atoms with Gasteiger partial charge in [0.2, 0.25) is 11.8 Å². The summed E-state index contributed by atoms with van der Waals surface area (Å²) in [7, 11) is 0. The lowest BCUT2D eigenvalue weighted by Crippen LogP contribution is -2.30. The first kappa shape index (κ1) is 19.3. The summed E-state index contributed by atoms with van der Waals surface area (Å²) in [5, 5.41) is 5.36. The molecule has 2 N–H and O–H groups in total. The summed E-state index contributed by atoms with van der Waals surface area (Å²) < 4.78 is 18.2. The van der Waals surface area contributed by atoms with Gasteiger partial charge in [0.25, 0.3) is 0 Å². The minimum atomic E-state index is -0.701. The number of benzene rings is 2. The van der Waals surface area contributed by atoms with Crippen molar-refractivity contribution < 1.29 is 23.5 Å². The minimum Gasteiger partial charge on any atom is -0.463 e. The largest absolute Gasteiger partial charge is 0.463 e. The van der Waals surface area contributed by atoms with Crippen LogP contribution in [0.5, 0.6) is 0 Å². The third kappa shape index (κ3) is 4.62. The molecular weight excluding hydrogens is 363 g/mol. The van der Waals surface area contributed by atoms with Gasteiger partial charge >= 0.3 is 5.97 Å². The highest BCUT2D eigenvalue weighted by Gasteiger charge is 2.30. The van der Waals surface area contributed by atoms with E-state index < -0.39 is 17.7 Å². The minimum absolute atomic E-state index is 0.00910. The summed E-state index contributed by atoms with van der Waals surface area (Å²) in [6.07, 6.45) is 2.93. The van der Waals surface area contributed by atoms with Crippen molar-refractivity contribution in [2.45, 2.75) is 19.3 Å². The van der Waals surface area contributed by atoms with Crippen LogP contribution in [0.3, 0.4) is 0 Å². The number of hydrogen-bond donors (Lipinski definition) is 2. The molecule has 1 aliphatic heterocycles. The SMILES string of the molecule is CCOC(=O)/C=C/c1ccc(NC(=O)C2CC(=O)Nc3cc(F)ccc32)cc1. The van der Waals surface area contributed by atoms with E-state index in [2.05, 4.69) is 10.6 Å². The zero-order valence-corrected chi connectivity index (χ0v) is 15.2. The van der Waals surface area contributed by atoms with Crippen LogP contribution in [-0.4, -0.2) is 24.4 Å². The van der Waals surface area contributed by atoms with Crippen molar-refractivity contribution in [2.24, 2.45) is 0 Å². The Balaban J connectivity index is 1.70. The first-order valence-corrected chi connectivity index (χ1v) is 8.81. The monoisotopic (exact) mass is 382 g/mol. The average Bonchev–Trinajstić information content (AvgIpc) is 2.66. The molecule has 3 rings (SSSR count). The predicted molar refractivity (Wildman–Crippen MR) is 103 cm³/mol. The van der Waals surface area contributed by atoms with Gasteiger partial charge in [-0.2, -0.15) is 0 Å². The first-order chi connectivity index (χ1) is 13.5. The van der Waals surface area contributed by atoms with Crippen molar-refractivity contribution in [2.75, 3.05) is 17.2 Å². The van der Waals surface area contributed by atoms with Crippen LogP contribution in [0.1, 0.15) is 30.4 Å². The highest BCUT2D eigenvalue weighted by atomic mass is 19.1. The van der Waals surface area contributed by atoms with Crippen LogP contribution in [0.15, 0.2) is 48.5 Å². The van der Waals surface area contributed by atoms with Gasteiger partial charge in [0.05, 0.1) is 12.5 Å². The molecule has 0 saturated heterocycles. The number of carbonyl (C=O) groups excluding carboxylic acids is 3. The number of ether oxygens (including phenoxy) is 1. The van der Waals surface area contributed by atoms with E-state index in [-0.39, 0.29) is 18.2 Å². The summed E-state index contributed by atoms with van der Waals surface area (Å²) in [4.78, 5) is 35.9. The van der Waals surface area contributed by atoms with Crippen molar-refractivity contribution in [3.05, 3.63) is 65.5 Å². The molecule has 0 bridgehead atoms. The summed E-state index contributed by atoms with van der Waals surface area (Å²) in [6.45, 7) is 2.04. The molecule has 2 aromatic carbocycles. The van der Waals surface area contributed by atoms with Crippen LogP contribution in [-0.2, 0) is 19.1 Å². The van der Waals surface area contributed by atoms with E-state index in [1.807, 2.05) is 0 Å². The van der Waals surface area contributed by atoms with Crippen molar-refractivity contribution in [3.8, 4) is 0 Å². The number of fused-ring (bicyclic) bond motifs is 1. The van der Waals surface area contributed by atoms with E-state index in [1.54, 1.807) is 37.3 Å². The van der Waals surface area contributed by atoms with Crippen molar-refractivity contribution in [1.82, 2.24) is 0 Å². The van der Waals surface area contributed by atoms with Crippen molar-refractivity contribution >= 4 is 35.2 Å².